The molecule has 0 amide bonds. The second-order valence-corrected chi connectivity index (χ2v) is 7.25. The molecule has 0 bridgehead atoms. The van der Waals surface area contributed by atoms with Crippen LogP contribution in [0.1, 0.15) is 44.4 Å². The molecule has 0 spiro atoms. The summed E-state index contributed by atoms with van der Waals surface area (Å²) in [6.07, 6.45) is 0. The molecule has 0 aromatic heterocycles. The Labute approximate surface area is 133 Å². The van der Waals surface area contributed by atoms with Crippen molar-refractivity contribution < 1.29 is 4.74 Å². The van der Waals surface area contributed by atoms with Crippen LogP contribution in [0.5, 0.6) is 0 Å². The van der Waals surface area contributed by atoms with Gasteiger partial charge >= 0.3 is 0 Å². The summed E-state index contributed by atoms with van der Waals surface area (Å²) in [6.45, 7) is 10.7. The Kier molecular flexibility index (Phi) is 3.33. The number of hydrogen-bond donors (Lipinski definition) is 0. The topological polar surface area (TPSA) is 12.5 Å². The highest BCUT2D eigenvalue weighted by atomic mass is 16.5. The van der Waals surface area contributed by atoms with Crippen molar-refractivity contribution >= 4 is 11.4 Å². The lowest BCUT2D eigenvalue weighted by atomic mass is 9.90. The van der Waals surface area contributed by atoms with Crippen molar-refractivity contribution in [3.8, 4) is 0 Å². The highest BCUT2D eigenvalue weighted by Gasteiger charge is 2.42. The molecule has 22 heavy (non-hydrogen) atoms. The lowest BCUT2D eigenvalue weighted by Gasteiger charge is -2.25. The third-order valence-corrected chi connectivity index (χ3v) is 4.62. The normalized spacial score (nSPS) is 18.1. The van der Waals surface area contributed by atoms with Gasteiger partial charge in [0.05, 0.1) is 11.2 Å². The standard InChI is InChI=1S/C20H25NO/c1-14-7-9-15(10-8-14)21(6)16-11-12-17-18(13-16)20(4,5)22-19(17,2)3/h7-13H,1-6H3. The summed E-state index contributed by atoms with van der Waals surface area (Å²) in [5.41, 5.74) is 5.77. The van der Waals surface area contributed by atoms with E-state index in [1.165, 1.54) is 28.1 Å². The van der Waals surface area contributed by atoms with Gasteiger partial charge in [-0.1, -0.05) is 23.8 Å². The molecule has 2 aromatic rings. The number of fused-ring (bicyclic) bond motifs is 1. The van der Waals surface area contributed by atoms with E-state index in [9.17, 15) is 0 Å². The second-order valence-electron chi connectivity index (χ2n) is 7.25. The molecule has 0 unspecified atom stereocenters. The van der Waals surface area contributed by atoms with Gasteiger partial charge in [0.1, 0.15) is 0 Å². The molecule has 1 heterocycles. The van der Waals surface area contributed by atoms with E-state index in [1.54, 1.807) is 0 Å². The zero-order valence-corrected chi connectivity index (χ0v) is 14.4. The maximum absolute atomic E-state index is 6.24. The molecule has 116 valence electrons. The molecule has 2 heteroatoms. The molecule has 2 aromatic carbocycles. The molecule has 0 atom stereocenters. The fraction of sp³-hybridized carbons (Fsp3) is 0.400. The largest absolute Gasteiger partial charge is 0.360 e. The van der Waals surface area contributed by atoms with Crippen LogP contribution < -0.4 is 4.90 Å². The fourth-order valence-electron chi connectivity index (χ4n) is 3.43. The third kappa shape index (κ3) is 2.42. The maximum atomic E-state index is 6.24. The van der Waals surface area contributed by atoms with Crippen LogP contribution in [0.4, 0.5) is 11.4 Å². The summed E-state index contributed by atoms with van der Waals surface area (Å²) in [6, 6.07) is 15.3. The van der Waals surface area contributed by atoms with Gasteiger partial charge in [-0.05, 0) is 70.0 Å². The van der Waals surface area contributed by atoms with Crippen molar-refractivity contribution in [2.45, 2.75) is 45.8 Å². The molecular formula is C20H25NO. The molecule has 0 aliphatic carbocycles. The van der Waals surface area contributed by atoms with E-state index in [1.807, 2.05) is 0 Å². The summed E-state index contributed by atoms with van der Waals surface area (Å²) < 4.78 is 6.24. The number of ether oxygens (including phenoxy) is 1. The Morgan fingerprint density at radius 1 is 0.773 bits per heavy atom. The Bertz CT molecular complexity index is 698. The monoisotopic (exact) mass is 295 g/mol. The van der Waals surface area contributed by atoms with Gasteiger partial charge in [-0.2, -0.15) is 0 Å². The van der Waals surface area contributed by atoms with E-state index >= 15 is 0 Å². The molecule has 1 aliphatic rings. The lowest BCUT2D eigenvalue weighted by Crippen LogP contribution is -2.22. The predicted octanol–water partition coefficient (Wildman–Crippen LogP) is 5.26. The van der Waals surface area contributed by atoms with Gasteiger partial charge in [0.25, 0.3) is 0 Å². The average Bonchev–Trinajstić information content (AvgIpc) is 2.64. The first kappa shape index (κ1) is 15.1. The summed E-state index contributed by atoms with van der Waals surface area (Å²) in [7, 11) is 2.11. The molecular weight excluding hydrogens is 270 g/mol. The van der Waals surface area contributed by atoms with E-state index in [-0.39, 0.29) is 11.2 Å². The van der Waals surface area contributed by atoms with Crippen LogP contribution in [-0.4, -0.2) is 7.05 Å². The van der Waals surface area contributed by atoms with Crippen LogP contribution in [-0.2, 0) is 15.9 Å². The van der Waals surface area contributed by atoms with Crippen molar-refractivity contribution in [1.82, 2.24) is 0 Å². The summed E-state index contributed by atoms with van der Waals surface area (Å²) in [5.74, 6) is 0. The van der Waals surface area contributed by atoms with Gasteiger partial charge in [0.15, 0.2) is 0 Å². The van der Waals surface area contributed by atoms with Crippen molar-refractivity contribution in [1.29, 1.82) is 0 Å². The molecule has 0 saturated heterocycles. The number of nitrogens with zero attached hydrogens (tertiary/aromatic N) is 1. The van der Waals surface area contributed by atoms with E-state index in [4.69, 9.17) is 4.74 Å². The van der Waals surface area contributed by atoms with E-state index in [0.29, 0.717) is 0 Å². The van der Waals surface area contributed by atoms with Crippen LogP contribution >= 0.6 is 0 Å². The van der Waals surface area contributed by atoms with Crippen molar-refractivity contribution in [3.05, 3.63) is 59.2 Å². The Hall–Kier alpha value is -1.80. The first-order chi connectivity index (χ1) is 10.2. The Morgan fingerprint density at radius 2 is 1.32 bits per heavy atom. The quantitative estimate of drug-likeness (QED) is 0.749. The molecule has 0 fully saturated rings. The third-order valence-electron chi connectivity index (χ3n) is 4.62. The molecule has 2 nitrogen and oxygen atoms in total. The number of aryl methyl sites for hydroxylation is 1. The number of anilines is 2. The van der Waals surface area contributed by atoms with Gasteiger partial charge in [0.2, 0.25) is 0 Å². The molecule has 0 N–H and O–H groups in total. The molecule has 1 aliphatic heterocycles. The van der Waals surface area contributed by atoms with Crippen LogP contribution in [0.15, 0.2) is 42.5 Å². The second kappa shape index (κ2) is 4.85. The van der Waals surface area contributed by atoms with Gasteiger partial charge in [-0.3, -0.25) is 0 Å². The van der Waals surface area contributed by atoms with Gasteiger partial charge in [-0.15, -0.1) is 0 Å². The van der Waals surface area contributed by atoms with Gasteiger partial charge < -0.3 is 9.64 Å². The minimum atomic E-state index is -0.247. The SMILES string of the molecule is Cc1ccc(N(C)c2ccc3c(c2)C(C)(C)OC3(C)C)cc1. The molecule has 0 saturated carbocycles. The summed E-state index contributed by atoms with van der Waals surface area (Å²) in [4.78, 5) is 2.22. The van der Waals surface area contributed by atoms with Crippen LogP contribution in [0.25, 0.3) is 0 Å². The van der Waals surface area contributed by atoms with Crippen molar-refractivity contribution in [3.63, 3.8) is 0 Å². The van der Waals surface area contributed by atoms with Crippen molar-refractivity contribution in [2.75, 3.05) is 11.9 Å². The van der Waals surface area contributed by atoms with Gasteiger partial charge in [0, 0.05) is 18.4 Å². The van der Waals surface area contributed by atoms with E-state index in [2.05, 4.69) is 89.0 Å². The highest BCUT2D eigenvalue weighted by Crippen LogP contribution is 2.47. The molecule has 3 rings (SSSR count). The zero-order valence-electron chi connectivity index (χ0n) is 14.4. The van der Waals surface area contributed by atoms with Crippen molar-refractivity contribution in [2.24, 2.45) is 0 Å². The minimum Gasteiger partial charge on any atom is -0.360 e. The molecule has 0 radical (unpaired) electrons. The first-order valence-electron chi connectivity index (χ1n) is 7.86. The van der Waals surface area contributed by atoms with Gasteiger partial charge in [-0.25, -0.2) is 0 Å². The average molecular weight is 295 g/mol. The van der Waals surface area contributed by atoms with Crippen LogP contribution in [0.2, 0.25) is 0 Å². The first-order valence-corrected chi connectivity index (χ1v) is 7.86. The van der Waals surface area contributed by atoms with Crippen LogP contribution in [0, 0.1) is 6.92 Å². The predicted molar refractivity (Wildman–Crippen MR) is 92.8 cm³/mol. The number of hydrogen-bond acceptors (Lipinski definition) is 2. The number of rotatable bonds is 2. The van der Waals surface area contributed by atoms with E-state index < -0.39 is 0 Å². The maximum Gasteiger partial charge on any atom is 0.0891 e. The summed E-state index contributed by atoms with van der Waals surface area (Å²) in [5, 5.41) is 0. The smallest absolute Gasteiger partial charge is 0.0891 e. The fourth-order valence-corrected chi connectivity index (χ4v) is 3.43. The Morgan fingerprint density at radius 3 is 1.95 bits per heavy atom. The minimum absolute atomic E-state index is 0.222. The highest BCUT2D eigenvalue weighted by molar-refractivity contribution is 5.65. The summed E-state index contributed by atoms with van der Waals surface area (Å²) >= 11 is 0. The zero-order chi connectivity index (χ0) is 16.1. The number of benzene rings is 2. The Balaban J connectivity index is 2.02. The van der Waals surface area contributed by atoms with E-state index in [0.717, 1.165) is 0 Å². The van der Waals surface area contributed by atoms with Crippen LogP contribution in [0.3, 0.4) is 0 Å². The lowest BCUT2D eigenvalue weighted by molar-refractivity contribution is -0.105.